The van der Waals surface area contributed by atoms with Crippen LogP contribution in [0.4, 0.5) is 14.9 Å². The molecule has 0 bridgehead atoms. The first kappa shape index (κ1) is 24.5. The van der Waals surface area contributed by atoms with Gasteiger partial charge in [0.05, 0.1) is 0 Å². The van der Waals surface area contributed by atoms with Crippen LogP contribution in [0, 0.1) is 17.7 Å². The van der Waals surface area contributed by atoms with E-state index in [1.54, 1.807) is 32.9 Å². The number of ether oxygens (including phenoxy) is 2. The third-order valence-corrected chi connectivity index (χ3v) is 6.42. The number of nitrogens with one attached hydrogen (secondary N) is 2. The average molecular weight is 449 g/mol. The Bertz CT molecular complexity index is 794. The summed E-state index contributed by atoms with van der Waals surface area (Å²) < 4.78 is 25.5. The Hall–Kier alpha value is -2.15. The molecule has 1 aromatic rings. The van der Waals surface area contributed by atoms with Crippen molar-refractivity contribution in [2.75, 3.05) is 18.5 Å². The summed E-state index contributed by atoms with van der Waals surface area (Å²) in [5.41, 5.74) is 0.398. The lowest BCUT2D eigenvalue weighted by Crippen LogP contribution is -2.50. The largest absolute Gasteiger partial charge is 0.444 e. The Balaban J connectivity index is 1.70. The Morgan fingerprint density at radius 2 is 1.75 bits per heavy atom. The van der Waals surface area contributed by atoms with Gasteiger partial charge in [-0.1, -0.05) is 25.8 Å². The van der Waals surface area contributed by atoms with Crippen molar-refractivity contribution in [3.63, 3.8) is 0 Å². The van der Waals surface area contributed by atoms with Crippen LogP contribution in [0.5, 0.6) is 0 Å². The lowest BCUT2D eigenvalue weighted by Gasteiger charge is -2.33. The molecule has 1 aromatic carbocycles. The summed E-state index contributed by atoms with van der Waals surface area (Å²) >= 11 is 0. The summed E-state index contributed by atoms with van der Waals surface area (Å²) in [7, 11) is 0. The smallest absolute Gasteiger partial charge is 0.408 e. The lowest BCUT2D eigenvalue weighted by atomic mass is 9.79. The summed E-state index contributed by atoms with van der Waals surface area (Å²) in [4.78, 5) is 25.6. The maximum Gasteiger partial charge on any atom is 0.408 e. The van der Waals surface area contributed by atoms with E-state index in [-0.39, 0.29) is 23.6 Å². The van der Waals surface area contributed by atoms with Crippen LogP contribution in [0.15, 0.2) is 18.2 Å². The molecule has 2 fully saturated rings. The molecule has 0 unspecified atom stereocenters. The molecular weight excluding hydrogens is 411 g/mol. The summed E-state index contributed by atoms with van der Waals surface area (Å²) in [5, 5.41) is 5.59. The zero-order valence-electron chi connectivity index (χ0n) is 19.7. The molecule has 1 aliphatic heterocycles. The molecule has 1 aliphatic carbocycles. The van der Waals surface area contributed by atoms with Crippen molar-refractivity contribution in [2.24, 2.45) is 11.8 Å². The summed E-state index contributed by atoms with van der Waals surface area (Å²) in [6, 6.07) is 4.13. The monoisotopic (exact) mass is 448 g/mol. The second kappa shape index (κ2) is 10.6. The summed E-state index contributed by atoms with van der Waals surface area (Å²) in [5.74, 6) is 0.110. The summed E-state index contributed by atoms with van der Waals surface area (Å²) in [6.07, 6.45) is 4.71. The van der Waals surface area contributed by atoms with E-state index in [9.17, 15) is 14.0 Å². The molecule has 2 aliphatic rings. The van der Waals surface area contributed by atoms with E-state index in [0.29, 0.717) is 30.4 Å². The Kier molecular flexibility index (Phi) is 8.15. The van der Waals surface area contributed by atoms with Crippen LogP contribution in [0.2, 0.25) is 0 Å². The number of hydrogen-bond donors (Lipinski definition) is 2. The van der Waals surface area contributed by atoms with Crippen molar-refractivity contribution in [3.05, 3.63) is 29.6 Å². The first-order valence-corrected chi connectivity index (χ1v) is 11.8. The molecule has 7 heteroatoms. The van der Waals surface area contributed by atoms with Crippen molar-refractivity contribution >= 4 is 17.7 Å². The first-order valence-electron chi connectivity index (χ1n) is 11.8. The van der Waals surface area contributed by atoms with E-state index < -0.39 is 17.7 Å². The van der Waals surface area contributed by atoms with Gasteiger partial charge in [-0.25, -0.2) is 9.18 Å². The van der Waals surface area contributed by atoms with Gasteiger partial charge in [0.15, 0.2) is 0 Å². The molecule has 6 nitrogen and oxygen atoms in total. The molecular formula is C25H37FN2O4. The van der Waals surface area contributed by atoms with Crippen LogP contribution in [-0.2, 0) is 14.3 Å². The van der Waals surface area contributed by atoms with Crippen molar-refractivity contribution in [1.29, 1.82) is 0 Å². The second-order valence-electron chi connectivity index (χ2n) is 10.3. The van der Waals surface area contributed by atoms with Crippen molar-refractivity contribution in [1.82, 2.24) is 5.32 Å². The van der Waals surface area contributed by atoms with Gasteiger partial charge in [0.25, 0.3) is 0 Å². The van der Waals surface area contributed by atoms with E-state index in [2.05, 4.69) is 17.6 Å². The predicted molar refractivity (Wildman–Crippen MR) is 122 cm³/mol. The minimum absolute atomic E-state index is 0.0186. The van der Waals surface area contributed by atoms with Gasteiger partial charge < -0.3 is 20.1 Å². The van der Waals surface area contributed by atoms with Crippen molar-refractivity contribution in [3.8, 4) is 0 Å². The SMILES string of the molecule is CC1CCC([C@H](NC(=O)OC(C)(C)C)C(=O)Nc2ccc(C3CCOCC3)c(F)c2)CC1. The van der Waals surface area contributed by atoms with Gasteiger partial charge in [-0.2, -0.15) is 0 Å². The second-order valence-corrected chi connectivity index (χ2v) is 10.3. The Labute approximate surface area is 190 Å². The maximum atomic E-state index is 14.8. The average Bonchev–Trinajstić information content (AvgIpc) is 2.72. The number of carbonyl (C=O) groups is 2. The van der Waals surface area contributed by atoms with E-state index in [0.717, 1.165) is 38.5 Å². The Morgan fingerprint density at radius 3 is 2.34 bits per heavy atom. The molecule has 0 radical (unpaired) electrons. The third kappa shape index (κ3) is 6.92. The lowest BCUT2D eigenvalue weighted by molar-refractivity contribution is -0.119. The van der Waals surface area contributed by atoms with Crippen LogP contribution in [0.1, 0.15) is 77.7 Å². The van der Waals surface area contributed by atoms with Gasteiger partial charge in [0.2, 0.25) is 5.91 Å². The minimum Gasteiger partial charge on any atom is -0.444 e. The maximum absolute atomic E-state index is 14.8. The van der Waals surface area contributed by atoms with Gasteiger partial charge >= 0.3 is 6.09 Å². The normalized spacial score (nSPS) is 23.3. The van der Waals surface area contributed by atoms with E-state index in [1.165, 1.54) is 6.07 Å². The van der Waals surface area contributed by atoms with Crippen LogP contribution < -0.4 is 10.6 Å². The number of carbonyl (C=O) groups excluding carboxylic acids is 2. The minimum atomic E-state index is -0.726. The topological polar surface area (TPSA) is 76.7 Å². The third-order valence-electron chi connectivity index (χ3n) is 6.42. The highest BCUT2D eigenvalue weighted by Crippen LogP contribution is 2.32. The van der Waals surface area contributed by atoms with Gasteiger partial charge in [-0.3, -0.25) is 4.79 Å². The number of rotatable bonds is 5. The highest BCUT2D eigenvalue weighted by Gasteiger charge is 2.34. The zero-order chi connectivity index (χ0) is 23.3. The zero-order valence-corrected chi connectivity index (χ0v) is 19.7. The molecule has 3 rings (SSSR count). The van der Waals surface area contributed by atoms with Crippen LogP contribution in [0.3, 0.4) is 0 Å². The van der Waals surface area contributed by atoms with Gasteiger partial charge in [-0.15, -0.1) is 0 Å². The van der Waals surface area contributed by atoms with Crippen LogP contribution >= 0.6 is 0 Å². The van der Waals surface area contributed by atoms with E-state index in [1.807, 2.05) is 0 Å². The fraction of sp³-hybridized carbons (Fsp3) is 0.680. The van der Waals surface area contributed by atoms with Crippen LogP contribution in [-0.4, -0.2) is 36.9 Å². The predicted octanol–water partition coefficient (Wildman–Crippen LogP) is 5.38. The molecule has 2 amide bonds. The number of amides is 2. The molecule has 0 spiro atoms. The van der Waals surface area contributed by atoms with Crippen LogP contribution in [0.25, 0.3) is 0 Å². The highest BCUT2D eigenvalue weighted by atomic mass is 19.1. The quantitative estimate of drug-likeness (QED) is 0.634. The molecule has 0 aromatic heterocycles. The standard InChI is InChI=1S/C25H37FN2O4/c1-16-5-7-18(8-6-16)22(28-24(30)32-25(2,3)4)23(29)27-19-9-10-20(21(26)15-19)17-11-13-31-14-12-17/h9-10,15-18,22H,5-8,11-14H2,1-4H3,(H,27,29)(H,28,30)/t16?,18?,22-/m0/s1. The number of hydrogen-bond acceptors (Lipinski definition) is 4. The van der Waals surface area contributed by atoms with E-state index >= 15 is 0 Å². The molecule has 1 heterocycles. The summed E-state index contributed by atoms with van der Waals surface area (Å²) in [6.45, 7) is 8.84. The Morgan fingerprint density at radius 1 is 1.09 bits per heavy atom. The van der Waals surface area contributed by atoms with Gasteiger partial charge in [0, 0.05) is 18.9 Å². The highest BCUT2D eigenvalue weighted by molar-refractivity contribution is 5.96. The molecule has 1 saturated carbocycles. The van der Waals surface area contributed by atoms with Gasteiger partial charge in [0.1, 0.15) is 17.5 Å². The molecule has 32 heavy (non-hydrogen) atoms. The van der Waals surface area contributed by atoms with Crippen molar-refractivity contribution < 1.29 is 23.5 Å². The molecule has 2 N–H and O–H groups in total. The number of alkyl carbamates (subject to hydrolysis) is 1. The molecule has 178 valence electrons. The number of benzene rings is 1. The molecule has 1 saturated heterocycles. The number of anilines is 1. The van der Waals surface area contributed by atoms with E-state index in [4.69, 9.17) is 9.47 Å². The number of halogens is 1. The first-order chi connectivity index (χ1) is 15.1. The van der Waals surface area contributed by atoms with Crippen molar-refractivity contribution in [2.45, 2.75) is 83.8 Å². The fourth-order valence-electron chi connectivity index (χ4n) is 4.62. The van der Waals surface area contributed by atoms with Gasteiger partial charge in [-0.05, 0) is 81.9 Å². The fourth-order valence-corrected chi connectivity index (χ4v) is 4.62. The molecule has 1 atom stereocenters.